The van der Waals surface area contributed by atoms with Crippen LogP contribution in [0.5, 0.6) is 11.5 Å². The number of ether oxygens (including phenoxy) is 1. The van der Waals surface area contributed by atoms with E-state index in [-0.39, 0.29) is 24.4 Å². The van der Waals surface area contributed by atoms with Gasteiger partial charge in [-0.25, -0.2) is 0 Å². The zero-order chi connectivity index (χ0) is 16.1. The highest BCUT2D eigenvalue weighted by atomic mass is 35.5. The van der Waals surface area contributed by atoms with Gasteiger partial charge in [0.15, 0.2) is 0 Å². The van der Waals surface area contributed by atoms with Crippen molar-refractivity contribution in [2.45, 2.75) is 19.5 Å². The Morgan fingerprint density at radius 1 is 1.21 bits per heavy atom. The molecule has 0 saturated carbocycles. The summed E-state index contributed by atoms with van der Waals surface area (Å²) in [5.41, 5.74) is 2.05. The maximum absolute atomic E-state index is 12.1. The van der Waals surface area contributed by atoms with Crippen molar-refractivity contribution in [2.24, 2.45) is 0 Å². The van der Waals surface area contributed by atoms with Gasteiger partial charge >= 0.3 is 0 Å². The zero-order valence-corrected chi connectivity index (χ0v) is 15.1. The molecule has 1 unspecified atom stereocenters. The summed E-state index contributed by atoms with van der Waals surface area (Å²) in [5.74, 6) is 3.31. The predicted octanol–water partition coefficient (Wildman–Crippen LogP) is 3.49. The van der Waals surface area contributed by atoms with Crippen LogP contribution in [0.15, 0.2) is 48.5 Å². The Balaban J connectivity index is 0.00000208. The first-order valence-electron chi connectivity index (χ1n) is 7.64. The molecule has 0 bridgehead atoms. The summed E-state index contributed by atoms with van der Waals surface area (Å²) in [4.78, 5) is 12.1. The SMILES string of the molecule is Cc1ccccc1Oc1ccccc1CNC(=O)C1CSCN1.Cl. The summed E-state index contributed by atoms with van der Waals surface area (Å²) in [5, 5.41) is 6.16. The van der Waals surface area contributed by atoms with Gasteiger partial charge in [0, 0.05) is 23.7 Å². The van der Waals surface area contributed by atoms with Crippen LogP contribution < -0.4 is 15.4 Å². The fraction of sp³-hybridized carbons (Fsp3) is 0.278. The van der Waals surface area contributed by atoms with E-state index in [0.717, 1.165) is 34.3 Å². The van der Waals surface area contributed by atoms with Gasteiger partial charge in [-0.2, -0.15) is 0 Å². The molecule has 1 saturated heterocycles. The van der Waals surface area contributed by atoms with Crippen LogP contribution in [-0.4, -0.2) is 23.6 Å². The van der Waals surface area contributed by atoms with E-state index in [1.54, 1.807) is 11.8 Å². The standard InChI is InChI=1S/C18H20N2O2S.ClH/c1-13-6-2-4-8-16(13)22-17-9-5-3-7-14(17)10-19-18(21)15-11-23-12-20-15;/h2-9,15,20H,10-12H2,1H3,(H,19,21);1H. The Hall–Kier alpha value is -1.69. The number of carbonyl (C=O) groups excluding carboxylic acids is 1. The molecule has 1 atom stereocenters. The van der Waals surface area contributed by atoms with Gasteiger partial charge in [0.25, 0.3) is 0 Å². The quantitative estimate of drug-likeness (QED) is 0.852. The van der Waals surface area contributed by atoms with Crippen LogP contribution in [0.2, 0.25) is 0 Å². The average molecular weight is 365 g/mol. The summed E-state index contributed by atoms with van der Waals surface area (Å²) < 4.78 is 6.03. The number of nitrogens with one attached hydrogen (secondary N) is 2. The first-order valence-corrected chi connectivity index (χ1v) is 8.80. The third-order valence-corrected chi connectivity index (χ3v) is 4.71. The second kappa shape index (κ2) is 8.97. The van der Waals surface area contributed by atoms with E-state index in [9.17, 15) is 4.79 Å². The smallest absolute Gasteiger partial charge is 0.238 e. The topological polar surface area (TPSA) is 50.4 Å². The third kappa shape index (κ3) is 4.66. The molecule has 1 aliphatic heterocycles. The number of halogens is 1. The van der Waals surface area contributed by atoms with Crippen molar-refractivity contribution in [1.82, 2.24) is 10.6 Å². The van der Waals surface area contributed by atoms with Gasteiger partial charge in [-0.3, -0.25) is 10.1 Å². The number of hydrogen-bond acceptors (Lipinski definition) is 4. The van der Waals surface area contributed by atoms with Gasteiger partial charge in [0.2, 0.25) is 5.91 Å². The van der Waals surface area contributed by atoms with E-state index in [1.807, 2.05) is 55.5 Å². The molecule has 4 nitrogen and oxygen atoms in total. The molecule has 1 amide bonds. The molecule has 0 aromatic heterocycles. The average Bonchev–Trinajstić information content (AvgIpc) is 3.10. The van der Waals surface area contributed by atoms with Crippen molar-refractivity contribution in [2.75, 3.05) is 11.6 Å². The molecule has 0 radical (unpaired) electrons. The Labute approximate surface area is 152 Å². The van der Waals surface area contributed by atoms with Gasteiger partial charge in [-0.15, -0.1) is 24.2 Å². The summed E-state index contributed by atoms with van der Waals surface area (Å²) in [7, 11) is 0. The molecule has 2 aromatic carbocycles. The minimum absolute atomic E-state index is 0. The molecule has 3 rings (SSSR count). The van der Waals surface area contributed by atoms with Gasteiger partial charge in [0.1, 0.15) is 11.5 Å². The maximum atomic E-state index is 12.1. The van der Waals surface area contributed by atoms with Crippen LogP contribution in [0, 0.1) is 6.92 Å². The number of aryl methyl sites for hydroxylation is 1. The number of hydrogen-bond donors (Lipinski definition) is 2. The summed E-state index contributed by atoms with van der Waals surface area (Å²) in [6.07, 6.45) is 0. The summed E-state index contributed by atoms with van der Waals surface area (Å²) in [6.45, 7) is 2.48. The highest BCUT2D eigenvalue weighted by Crippen LogP contribution is 2.27. The van der Waals surface area contributed by atoms with Crippen LogP contribution in [0.25, 0.3) is 0 Å². The lowest BCUT2D eigenvalue weighted by atomic mass is 10.2. The molecule has 1 fully saturated rings. The number of thioether (sulfide) groups is 1. The van der Waals surface area contributed by atoms with Crippen molar-refractivity contribution in [3.8, 4) is 11.5 Å². The molecular formula is C18H21ClN2O2S. The molecule has 2 aromatic rings. The highest BCUT2D eigenvalue weighted by molar-refractivity contribution is 7.99. The molecular weight excluding hydrogens is 344 g/mol. The van der Waals surface area contributed by atoms with Crippen molar-refractivity contribution in [3.05, 3.63) is 59.7 Å². The maximum Gasteiger partial charge on any atom is 0.238 e. The lowest BCUT2D eigenvalue weighted by molar-refractivity contribution is -0.122. The van der Waals surface area contributed by atoms with E-state index in [4.69, 9.17) is 4.74 Å². The fourth-order valence-electron chi connectivity index (χ4n) is 2.41. The van der Waals surface area contributed by atoms with Crippen LogP contribution >= 0.6 is 24.2 Å². The normalized spacial score (nSPS) is 16.3. The third-order valence-electron chi connectivity index (χ3n) is 3.77. The fourth-order valence-corrected chi connectivity index (χ4v) is 3.35. The molecule has 0 aliphatic carbocycles. The van der Waals surface area contributed by atoms with Crippen LogP contribution in [-0.2, 0) is 11.3 Å². The summed E-state index contributed by atoms with van der Waals surface area (Å²) in [6, 6.07) is 15.6. The minimum atomic E-state index is -0.0931. The number of rotatable bonds is 5. The highest BCUT2D eigenvalue weighted by Gasteiger charge is 2.22. The van der Waals surface area contributed by atoms with E-state index >= 15 is 0 Å². The van der Waals surface area contributed by atoms with Gasteiger partial charge in [-0.05, 0) is 24.6 Å². The molecule has 24 heavy (non-hydrogen) atoms. The number of amides is 1. The first kappa shape index (κ1) is 18.6. The molecule has 6 heteroatoms. The van der Waals surface area contributed by atoms with Crippen LogP contribution in [0.4, 0.5) is 0 Å². The number of para-hydroxylation sites is 2. The Bertz CT molecular complexity index is 690. The largest absolute Gasteiger partial charge is 0.457 e. The van der Waals surface area contributed by atoms with Crippen molar-refractivity contribution >= 4 is 30.1 Å². The molecule has 1 heterocycles. The molecule has 128 valence electrons. The Morgan fingerprint density at radius 3 is 2.62 bits per heavy atom. The van der Waals surface area contributed by atoms with Gasteiger partial charge < -0.3 is 10.1 Å². The molecule has 2 N–H and O–H groups in total. The van der Waals surface area contributed by atoms with E-state index < -0.39 is 0 Å². The van der Waals surface area contributed by atoms with Crippen molar-refractivity contribution < 1.29 is 9.53 Å². The Morgan fingerprint density at radius 2 is 1.92 bits per heavy atom. The number of benzene rings is 2. The molecule has 1 aliphatic rings. The molecule has 0 spiro atoms. The second-order valence-electron chi connectivity index (χ2n) is 5.46. The van der Waals surface area contributed by atoms with Crippen LogP contribution in [0.1, 0.15) is 11.1 Å². The van der Waals surface area contributed by atoms with Gasteiger partial charge in [-0.1, -0.05) is 36.4 Å². The number of carbonyl (C=O) groups is 1. The van der Waals surface area contributed by atoms with E-state index in [0.29, 0.717) is 6.54 Å². The monoisotopic (exact) mass is 364 g/mol. The first-order chi connectivity index (χ1) is 11.2. The zero-order valence-electron chi connectivity index (χ0n) is 13.5. The van der Waals surface area contributed by atoms with Crippen molar-refractivity contribution in [3.63, 3.8) is 0 Å². The summed E-state index contributed by atoms with van der Waals surface area (Å²) >= 11 is 1.74. The Kier molecular flexibility index (Phi) is 6.97. The predicted molar refractivity (Wildman–Crippen MR) is 101 cm³/mol. The van der Waals surface area contributed by atoms with Gasteiger partial charge in [0.05, 0.1) is 6.04 Å². The van der Waals surface area contributed by atoms with Crippen molar-refractivity contribution in [1.29, 1.82) is 0 Å². The second-order valence-corrected chi connectivity index (χ2v) is 6.50. The van der Waals surface area contributed by atoms with E-state index in [1.165, 1.54) is 0 Å². The lowest BCUT2D eigenvalue weighted by Gasteiger charge is -2.14. The lowest BCUT2D eigenvalue weighted by Crippen LogP contribution is -2.41. The van der Waals surface area contributed by atoms with E-state index in [2.05, 4.69) is 10.6 Å². The van der Waals surface area contributed by atoms with Crippen LogP contribution in [0.3, 0.4) is 0 Å². The minimum Gasteiger partial charge on any atom is -0.457 e.